The highest BCUT2D eigenvalue weighted by Gasteiger charge is 2.33. The molecule has 0 aromatic heterocycles. The van der Waals surface area contributed by atoms with Gasteiger partial charge in [0.05, 0.1) is 6.61 Å². The zero-order valence-electron chi connectivity index (χ0n) is 13.5. The molecule has 2 nitrogen and oxygen atoms in total. The average molecular weight is 297 g/mol. The minimum absolute atomic E-state index is 0.0450. The lowest BCUT2D eigenvalue weighted by Gasteiger charge is -2.36. The van der Waals surface area contributed by atoms with E-state index < -0.39 is 12.8 Å². The molecule has 0 heterocycles. The van der Waals surface area contributed by atoms with Crippen LogP contribution in [-0.2, 0) is 4.74 Å². The second kappa shape index (κ2) is 8.23. The molecule has 1 atom stereocenters. The Bertz CT molecular complexity index is 261. The lowest BCUT2D eigenvalue weighted by atomic mass is 9.80. The van der Waals surface area contributed by atoms with Crippen LogP contribution in [0.3, 0.4) is 0 Å². The van der Waals surface area contributed by atoms with E-state index in [0.717, 1.165) is 25.7 Å². The molecule has 0 aliphatic rings. The molecule has 1 unspecified atom stereocenters. The van der Waals surface area contributed by atoms with E-state index in [-0.39, 0.29) is 17.6 Å². The van der Waals surface area contributed by atoms with Gasteiger partial charge in [0.1, 0.15) is 6.61 Å². The molecule has 0 amide bonds. The molecule has 0 saturated heterocycles. The summed E-state index contributed by atoms with van der Waals surface area (Å²) in [4.78, 5) is 0. The first-order valence-corrected chi connectivity index (χ1v) is 7.43. The summed E-state index contributed by atoms with van der Waals surface area (Å²) < 4.78 is 41.6. The monoisotopic (exact) mass is 297 g/mol. The summed E-state index contributed by atoms with van der Waals surface area (Å²) in [7, 11) is 0. The quantitative estimate of drug-likeness (QED) is 0.674. The van der Waals surface area contributed by atoms with Crippen LogP contribution in [0, 0.1) is 5.41 Å². The molecule has 0 aromatic carbocycles. The van der Waals surface area contributed by atoms with E-state index in [2.05, 4.69) is 33.0 Å². The SMILES string of the molecule is CCCCC(CC)(CNC(C)(C)C)COCC(F)(F)F. The van der Waals surface area contributed by atoms with Gasteiger partial charge in [0.25, 0.3) is 0 Å². The minimum atomic E-state index is -4.25. The predicted octanol–water partition coefficient (Wildman–Crippen LogP) is 4.54. The molecule has 0 aromatic rings. The number of alkyl halides is 3. The van der Waals surface area contributed by atoms with Gasteiger partial charge in [-0.1, -0.05) is 26.7 Å². The van der Waals surface area contributed by atoms with Crippen LogP contribution in [0.4, 0.5) is 13.2 Å². The molecular weight excluding hydrogens is 267 g/mol. The van der Waals surface area contributed by atoms with Crippen molar-refractivity contribution in [2.24, 2.45) is 5.41 Å². The third kappa shape index (κ3) is 9.59. The normalized spacial score (nSPS) is 16.2. The number of halogens is 3. The standard InChI is InChI=1S/C15H30F3NO/c1-6-8-9-14(7-2,10-19-13(3,4)5)11-20-12-15(16,17)18/h19H,6-12H2,1-5H3. The molecule has 0 aliphatic heterocycles. The van der Waals surface area contributed by atoms with Crippen LogP contribution >= 0.6 is 0 Å². The van der Waals surface area contributed by atoms with Gasteiger partial charge in [-0.2, -0.15) is 13.2 Å². The molecule has 122 valence electrons. The van der Waals surface area contributed by atoms with Crippen LogP contribution < -0.4 is 5.32 Å². The van der Waals surface area contributed by atoms with E-state index in [1.165, 1.54) is 0 Å². The minimum Gasteiger partial charge on any atom is -0.371 e. The molecule has 5 heteroatoms. The van der Waals surface area contributed by atoms with Gasteiger partial charge in [-0.15, -0.1) is 0 Å². The van der Waals surface area contributed by atoms with Crippen LogP contribution in [0.25, 0.3) is 0 Å². The summed E-state index contributed by atoms with van der Waals surface area (Å²) in [6, 6.07) is 0. The van der Waals surface area contributed by atoms with Crippen molar-refractivity contribution in [1.82, 2.24) is 5.32 Å². The molecule has 0 bridgehead atoms. The molecule has 0 radical (unpaired) electrons. The van der Waals surface area contributed by atoms with E-state index >= 15 is 0 Å². The Morgan fingerprint density at radius 3 is 2.00 bits per heavy atom. The van der Waals surface area contributed by atoms with Crippen LogP contribution in [0.1, 0.15) is 60.3 Å². The van der Waals surface area contributed by atoms with E-state index in [0.29, 0.717) is 6.54 Å². The molecule has 0 spiro atoms. The fourth-order valence-electron chi connectivity index (χ4n) is 2.00. The van der Waals surface area contributed by atoms with E-state index in [9.17, 15) is 13.2 Å². The van der Waals surface area contributed by atoms with Crippen LogP contribution in [0.15, 0.2) is 0 Å². The van der Waals surface area contributed by atoms with Crippen molar-refractivity contribution >= 4 is 0 Å². The van der Waals surface area contributed by atoms with Crippen molar-refractivity contribution in [1.29, 1.82) is 0 Å². The second-order valence-electron chi connectivity index (χ2n) is 6.67. The van der Waals surface area contributed by atoms with E-state index in [1.54, 1.807) is 0 Å². The van der Waals surface area contributed by atoms with E-state index in [4.69, 9.17) is 4.74 Å². The first-order chi connectivity index (χ1) is 9.04. The van der Waals surface area contributed by atoms with Gasteiger partial charge in [-0.3, -0.25) is 0 Å². The Morgan fingerprint density at radius 1 is 1.00 bits per heavy atom. The smallest absolute Gasteiger partial charge is 0.371 e. The summed E-state index contributed by atoms with van der Waals surface area (Å²) in [5, 5.41) is 3.41. The molecule has 0 saturated carbocycles. The topological polar surface area (TPSA) is 21.3 Å². The largest absolute Gasteiger partial charge is 0.411 e. The van der Waals surface area contributed by atoms with Crippen molar-refractivity contribution < 1.29 is 17.9 Å². The Hall–Kier alpha value is -0.290. The van der Waals surface area contributed by atoms with Crippen molar-refractivity contribution in [2.75, 3.05) is 19.8 Å². The van der Waals surface area contributed by atoms with Gasteiger partial charge in [-0.25, -0.2) is 0 Å². The molecule has 0 rings (SSSR count). The molecular formula is C15H30F3NO. The van der Waals surface area contributed by atoms with Crippen molar-refractivity contribution in [3.05, 3.63) is 0 Å². The van der Waals surface area contributed by atoms with Crippen LogP contribution in [0.5, 0.6) is 0 Å². The van der Waals surface area contributed by atoms with E-state index in [1.807, 2.05) is 6.92 Å². The third-order valence-electron chi connectivity index (χ3n) is 3.48. The fraction of sp³-hybridized carbons (Fsp3) is 1.00. The molecule has 1 N–H and O–H groups in total. The number of hydrogen-bond donors (Lipinski definition) is 1. The van der Waals surface area contributed by atoms with Crippen LogP contribution in [0.2, 0.25) is 0 Å². The second-order valence-corrected chi connectivity index (χ2v) is 6.67. The van der Waals surface area contributed by atoms with Gasteiger partial charge >= 0.3 is 6.18 Å². The van der Waals surface area contributed by atoms with Gasteiger partial charge in [-0.05, 0) is 33.6 Å². The van der Waals surface area contributed by atoms with Gasteiger partial charge in [0.2, 0.25) is 0 Å². The molecule has 20 heavy (non-hydrogen) atoms. The summed E-state index contributed by atoms with van der Waals surface area (Å²) in [5.74, 6) is 0. The van der Waals surface area contributed by atoms with Gasteiger partial charge < -0.3 is 10.1 Å². The maximum Gasteiger partial charge on any atom is 0.411 e. The highest BCUT2D eigenvalue weighted by atomic mass is 19.4. The number of unbranched alkanes of at least 4 members (excludes halogenated alkanes) is 1. The predicted molar refractivity (Wildman–Crippen MR) is 76.9 cm³/mol. The summed E-state index contributed by atoms with van der Waals surface area (Å²) in [6.45, 7) is 9.98. The number of nitrogens with one attached hydrogen (secondary N) is 1. The van der Waals surface area contributed by atoms with Crippen molar-refractivity contribution in [3.63, 3.8) is 0 Å². The fourth-order valence-corrected chi connectivity index (χ4v) is 2.00. The average Bonchev–Trinajstić information content (AvgIpc) is 2.30. The summed E-state index contributed by atoms with van der Waals surface area (Å²) in [6.07, 6.45) is -0.498. The Morgan fingerprint density at radius 2 is 1.60 bits per heavy atom. The maximum atomic E-state index is 12.2. The number of rotatable bonds is 9. The number of hydrogen-bond acceptors (Lipinski definition) is 2. The van der Waals surface area contributed by atoms with Gasteiger partial charge in [0, 0.05) is 17.5 Å². The van der Waals surface area contributed by atoms with Crippen LogP contribution in [-0.4, -0.2) is 31.5 Å². The summed E-state index contributed by atoms with van der Waals surface area (Å²) >= 11 is 0. The number of ether oxygens (including phenoxy) is 1. The lowest BCUT2D eigenvalue weighted by Crippen LogP contribution is -2.46. The highest BCUT2D eigenvalue weighted by Crippen LogP contribution is 2.30. The Balaban J connectivity index is 4.57. The van der Waals surface area contributed by atoms with Gasteiger partial charge in [0.15, 0.2) is 0 Å². The first kappa shape index (κ1) is 19.7. The maximum absolute atomic E-state index is 12.2. The highest BCUT2D eigenvalue weighted by molar-refractivity contribution is 4.84. The zero-order valence-corrected chi connectivity index (χ0v) is 13.5. The van der Waals surface area contributed by atoms with Crippen molar-refractivity contribution in [2.45, 2.75) is 72.0 Å². The summed E-state index contributed by atoms with van der Waals surface area (Å²) in [5.41, 5.74) is -0.259. The Labute approximate surface area is 121 Å². The van der Waals surface area contributed by atoms with Crippen molar-refractivity contribution in [3.8, 4) is 0 Å². The molecule has 0 fully saturated rings. The molecule has 0 aliphatic carbocycles. The Kier molecular flexibility index (Phi) is 8.11. The third-order valence-corrected chi connectivity index (χ3v) is 3.48. The first-order valence-electron chi connectivity index (χ1n) is 7.43. The zero-order chi connectivity index (χ0) is 15.9. The lowest BCUT2D eigenvalue weighted by molar-refractivity contribution is -0.181.